The summed E-state index contributed by atoms with van der Waals surface area (Å²) in [5.41, 5.74) is 0. The third kappa shape index (κ3) is 5.89. The smallest absolute Gasteiger partial charge is 0.0849 e. The molecule has 0 aromatic carbocycles. The fourth-order valence-corrected chi connectivity index (χ4v) is 0.887. The second-order valence-corrected chi connectivity index (χ2v) is 2.65. The predicted molar refractivity (Wildman–Crippen MR) is 51.2 cm³/mol. The van der Waals surface area contributed by atoms with E-state index in [9.17, 15) is 0 Å². The topological polar surface area (TPSA) is 15.6 Å². The Morgan fingerprint density at radius 1 is 1.18 bits per heavy atom. The minimum absolute atomic E-state index is 0.959. The summed E-state index contributed by atoms with van der Waals surface area (Å²) in [6, 6.07) is 0. The highest BCUT2D eigenvalue weighted by molar-refractivity contribution is 5.54. The Bertz CT molecular complexity index is 99.7. The molecule has 0 atom stereocenters. The SMILES string of the molecule is CCCN=CN(CC)CCC. The van der Waals surface area contributed by atoms with Gasteiger partial charge in [-0.2, -0.15) is 0 Å². The summed E-state index contributed by atoms with van der Waals surface area (Å²) in [6.07, 6.45) is 4.32. The van der Waals surface area contributed by atoms with Crippen molar-refractivity contribution >= 4 is 6.34 Å². The number of nitrogens with zero attached hydrogens (tertiary/aromatic N) is 2. The number of aliphatic imine (C=N–C) groups is 1. The van der Waals surface area contributed by atoms with E-state index in [2.05, 4.69) is 30.7 Å². The monoisotopic (exact) mass is 156 g/mol. The van der Waals surface area contributed by atoms with Gasteiger partial charge in [0.15, 0.2) is 0 Å². The fraction of sp³-hybridized carbons (Fsp3) is 0.889. The Morgan fingerprint density at radius 3 is 2.36 bits per heavy atom. The highest BCUT2D eigenvalue weighted by atomic mass is 15.1. The zero-order valence-corrected chi connectivity index (χ0v) is 8.01. The van der Waals surface area contributed by atoms with Gasteiger partial charge >= 0.3 is 0 Å². The number of hydrogen-bond acceptors (Lipinski definition) is 1. The number of rotatable bonds is 6. The van der Waals surface area contributed by atoms with Gasteiger partial charge in [0.25, 0.3) is 0 Å². The first kappa shape index (κ1) is 10.5. The molecule has 0 saturated carbocycles. The van der Waals surface area contributed by atoms with E-state index < -0.39 is 0 Å². The van der Waals surface area contributed by atoms with Crippen LogP contribution in [0.5, 0.6) is 0 Å². The van der Waals surface area contributed by atoms with E-state index in [4.69, 9.17) is 0 Å². The number of hydrogen-bond donors (Lipinski definition) is 0. The summed E-state index contributed by atoms with van der Waals surface area (Å²) in [7, 11) is 0. The molecule has 0 spiro atoms. The molecule has 0 aliphatic rings. The van der Waals surface area contributed by atoms with E-state index in [1.165, 1.54) is 6.42 Å². The first-order valence-electron chi connectivity index (χ1n) is 4.59. The molecule has 0 rings (SSSR count). The lowest BCUT2D eigenvalue weighted by molar-refractivity contribution is 0.450. The molecule has 0 radical (unpaired) electrons. The average molecular weight is 156 g/mol. The molecule has 0 aliphatic heterocycles. The zero-order valence-electron chi connectivity index (χ0n) is 8.01. The van der Waals surface area contributed by atoms with E-state index in [1.807, 2.05) is 6.34 Å². The van der Waals surface area contributed by atoms with E-state index in [0.29, 0.717) is 0 Å². The van der Waals surface area contributed by atoms with Crippen LogP contribution in [-0.4, -0.2) is 30.9 Å². The van der Waals surface area contributed by atoms with Gasteiger partial charge in [-0.25, -0.2) is 0 Å². The normalized spacial score (nSPS) is 10.8. The van der Waals surface area contributed by atoms with Crippen LogP contribution in [0.15, 0.2) is 4.99 Å². The molecule has 0 fully saturated rings. The van der Waals surface area contributed by atoms with Crippen molar-refractivity contribution in [3.63, 3.8) is 0 Å². The molecule has 0 heterocycles. The van der Waals surface area contributed by atoms with E-state index in [1.54, 1.807) is 0 Å². The van der Waals surface area contributed by atoms with Gasteiger partial charge in [-0.3, -0.25) is 4.99 Å². The van der Waals surface area contributed by atoms with Crippen molar-refractivity contribution in [2.45, 2.75) is 33.6 Å². The lowest BCUT2D eigenvalue weighted by atomic mass is 10.4. The molecule has 0 aliphatic carbocycles. The molecule has 0 bridgehead atoms. The Labute approximate surface area is 70.3 Å². The zero-order chi connectivity index (χ0) is 8.53. The van der Waals surface area contributed by atoms with Gasteiger partial charge in [0, 0.05) is 19.6 Å². The molecular weight excluding hydrogens is 136 g/mol. The Hall–Kier alpha value is -0.530. The highest BCUT2D eigenvalue weighted by Gasteiger charge is 1.91. The molecule has 0 unspecified atom stereocenters. The van der Waals surface area contributed by atoms with Gasteiger partial charge < -0.3 is 4.90 Å². The van der Waals surface area contributed by atoms with Gasteiger partial charge in [-0.15, -0.1) is 0 Å². The van der Waals surface area contributed by atoms with Crippen LogP contribution in [-0.2, 0) is 0 Å². The third-order valence-electron chi connectivity index (χ3n) is 1.51. The Morgan fingerprint density at radius 2 is 1.91 bits per heavy atom. The minimum Gasteiger partial charge on any atom is -0.363 e. The maximum atomic E-state index is 4.28. The Balaban J connectivity index is 3.49. The Kier molecular flexibility index (Phi) is 7.21. The van der Waals surface area contributed by atoms with Crippen LogP contribution in [0.3, 0.4) is 0 Å². The molecule has 2 nitrogen and oxygen atoms in total. The van der Waals surface area contributed by atoms with Crippen molar-refractivity contribution in [3.8, 4) is 0 Å². The third-order valence-corrected chi connectivity index (χ3v) is 1.51. The average Bonchev–Trinajstić information content (AvgIpc) is 2.03. The van der Waals surface area contributed by atoms with E-state index in [-0.39, 0.29) is 0 Å². The fourth-order valence-electron chi connectivity index (χ4n) is 0.887. The second kappa shape index (κ2) is 7.58. The van der Waals surface area contributed by atoms with Crippen LogP contribution in [0.4, 0.5) is 0 Å². The molecule has 0 aromatic rings. The van der Waals surface area contributed by atoms with Crippen LogP contribution in [0.2, 0.25) is 0 Å². The quantitative estimate of drug-likeness (QED) is 0.425. The van der Waals surface area contributed by atoms with Crippen molar-refractivity contribution < 1.29 is 0 Å². The maximum absolute atomic E-state index is 4.28. The molecular formula is C9H20N2. The molecule has 2 heteroatoms. The van der Waals surface area contributed by atoms with Crippen LogP contribution >= 0.6 is 0 Å². The molecule has 0 aromatic heterocycles. The van der Waals surface area contributed by atoms with Crippen LogP contribution in [0.1, 0.15) is 33.6 Å². The first-order chi connectivity index (χ1) is 5.35. The van der Waals surface area contributed by atoms with Gasteiger partial charge in [-0.1, -0.05) is 13.8 Å². The van der Waals surface area contributed by atoms with Gasteiger partial charge in [0.05, 0.1) is 6.34 Å². The summed E-state index contributed by atoms with van der Waals surface area (Å²) in [5.74, 6) is 0. The predicted octanol–water partition coefficient (Wildman–Crippen LogP) is 2.16. The van der Waals surface area contributed by atoms with Crippen molar-refractivity contribution in [1.29, 1.82) is 0 Å². The van der Waals surface area contributed by atoms with E-state index >= 15 is 0 Å². The molecule has 66 valence electrons. The van der Waals surface area contributed by atoms with Crippen LogP contribution in [0, 0.1) is 0 Å². The van der Waals surface area contributed by atoms with Crippen LogP contribution in [0.25, 0.3) is 0 Å². The van der Waals surface area contributed by atoms with Gasteiger partial charge in [0.2, 0.25) is 0 Å². The molecule has 0 N–H and O–H groups in total. The lowest BCUT2D eigenvalue weighted by Crippen LogP contribution is -2.22. The summed E-state index contributed by atoms with van der Waals surface area (Å²) in [6.45, 7) is 9.66. The summed E-state index contributed by atoms with van der Waals surface area (Å²) in [4.78, 5) is 6.53. The van der Waals surface area contributed by atoms with Gasteiger partial charge in [0.1, 0.15) is 0 Å². The molecule has 0 saturated heterocycles. The molecule has 0 amide bonds. The van der Waals surface area contributed by atoms with Crippen molar-refractivity contribution in [1.82, 2.24) is 4.90 Å². The van der Waals surface area contributed by atoms with E-state index in [0.717, 1.165) is 26.1 Å². The summed E-state index contributed by atoms with van der Waals surface area (Å²) < 4.78 is 0. The van der Waals surface area contributed by atoms with Gasteiger partial charge in [-0.05, 0) is 19.8 Å². The van der Waals surface area contributed by atoms with Crippen molar-refractivity contribution in [2.75, 3.05) is 19.6 Å². The summed E-state index contributed by atoms with van der Waals surface area (Å²) in [5, 5.41) is 0. The standard InChI is InChI=1S/C9H20N2/c1-4-7-10-9-11(6-3)8-5-2/h9H,4-8H2,1-3H3. The van der Waals surface area contributed by atoms with Crippen LogP contribution < -0.4 is 0 Å². The summed E-state index contributed by atoms with van der Waals surface area (Å²) >= 11 is 0. The van der Waals surface area contributed by atoms with Crippen molar-refractivity contribution in [3.05, 3.63) is 0 Å². The largest absolute Gasteiger partial charge is 0.363 e. The lowest BCUT2D eigenvalue weighted by Gasteiger charge is -2.15. The second-order valence-electron chi connectivity index (χ2n) is 2.65. The first-order valence-corrected chi connectivity index (χ1v) is 4.59. The minimum atomic E-state index is 0.959. The van der Waals surface area contributed by atoms with Crippen molar-refractivity contribution in [2.24, 2.45) is 4.99 Å². The molecule has 11 heavy (non-hydrogen) atoms. The highest BCUT2D eigenvalue weighted by Crippen LogP contribution is 1.87. The maximum Gasteiger partial charge on any atom is 0.0849 e.